The number of nitrogens with one attached hydrogen (secondary N) is 1. The maximum Gasteiger partial charge on any atom is 0.341 e. The summed E-state index contributed by atoms with van der Waals surface area (Å²) in [5.41, 5.74) is -0.979. The third kappa shape index (κ3) is 4.14. The van der Waals surface area contributed by atoms with Gasteiger partial charge in [0.25, 0.3) is 5.91 Å². The summed E-state index contributed by atoms with van der Waals surface area (Å²) in [4.78, 5) is 26.3. The van der Waals surface area contributed by atoms with Crippen molar-refractivity contribution in [1.82, 2.24) is 9.03 Å². The third-order valence-corrected chi connectivity index (χ3v) is 6.94. The zero-order chi connectivity index (χ0) is 22.1. The molecule has 9 nitrogen and oxygen atoms in total. The van der Waals surface area contributed by atoms with Crippen LogP contribution in [-0.2, 0) is 19.7 Å². The fourth-order valence-electron chi connectivity index (χ4n) is 3.78. The van der Waals surface area contributed by atoms with E-state index < -0.39 is 33.4 Å². The van der Waals surface area contributed by atoms with Crippen LogP contribution in [-0.4, -0.2) is 70.6 Å². The Kier molecular flexibility index (Phi) is 6.34. The van der Waals surface area contributed by atoms with Crippen LogP contribution in [0.3, 0.4) is 0 Å². The smallest absolute Gasteiger partial charge is 0.341 e. The lowest BCUT2D eigenvalue weighted by atomic mass is 9.87. The number of carbonyl (C=O) groups excluding carboxylic acids is 2. The predicted octanol–water partition coefficient (Wildman–Crippen LogP) is 1.30. The summed E-state index contributed by atoms with van der Waals surface area (Å²) in [5.74, 6) is -2.81. The second-order valence-electron chi connectivity index (χ2n) is 7.65. The van der Waals surface area contributed by atoms with Crippen molar-refractivity contribution in [3.05, 3.63) is 29.1 Å². The Labute approximate surface area is 175 Å². The zero-order valence-electron chi connectivity index (χ0n) is 17.2. The molecule has 2 heterocycles. The Morgan fingerprint density at radius 3 is 2.53 bits per heavy atom. The molecule has 3 rings (SSSR count). The number of esters is 1. The van der Waals surface area contributed by atoms with Crippen LogP contribution in [0.2, 0.25) is 0 Å². The summed E-state index contributed by atoms with van der Waals surface area (Å²) in [5, 5.41) is 0. The SMILES string of the molecule is CCOC(=O)c1cc(N(C)C)c(C(=O)NS(=O)(=O)N2CCCCC23COC3)cc1F. The number of carbonyl (C=O) groups is 2. The van der Waals surface area contributed by atoms with Gasteiger partial charge in [-0.3, -0.25) is 4.79 Å². The lowest BCUT2D eigenvalue weighted by Gasteiger charge is -2.50. The number of nitrogens with zero attached hydrogens (tertiary/aromatic N) is 2. The highest BCUT2D eigenvalue weighted by Gasteiger charge is 2.51. The van der Waals surface area contributed by atoms with Crippen molar-refractivity contribution in [2.45, 2.75) is 31.7 Å². The highest BCUT2D eigenvalue weighted by atomic mass is 32.2. The monoisotopic (exact) mass is 443 g/mol. The van der Waals surface area contributed by atoms with E-state index >= 15 is 0 Å². The molecule has 0 saturated carbocycles. The van der Waals surface area contributed by atoms with E-state index in [1.165, 1.54) is 15.3 Å². The van der Waals surface area contributed by atoms with E-state index in [0.717, 1.165) is 12.5 Å². The molecule has 2 aliphatic rings. The minimum Gasteiger partial charge on any atom is -0.462 e. The van der Waals surface area contributed by atoms with Gasteiger partial charge in [-0.15, -0.1) is 0 Å². The fraction of sp³-hybridized carbons (Fsp3) is 0.579. The number of hydrogen-bond acceptors (Lipinski definition) is 7. The average molecular weight is 443 g/mol. The van der Waals surface area contributed by atoms with Gasteiger partial charge in [0, 0.05) is 20.6 Å². The van der Waals surface area contributed by atoms with Crippen LogP contribution in [0.1, 0.15) is 46.9 Å². The molecule has 30 heavy (non-hydrogen) atoms. The van der Waals surface area contributed by atoms with E-state index in [4.69, 9.17) is 9.47 Å². The lowest BCUT2D eigenvalue weighted by Crippen LogP contribution is -2.67. The second-order valence-corrected chi connectivity index (χ2v) is 9.24. The molecule has 2 saturated heterocycles. The van der Waals surface area contributed by atoms with Crippen LogP contribution in [0.25, 0.3) is 0 Å². The number of ether oxygens (including phenoxy) is 2. The first-order valence-electron chi connectivity index (χ1n) is 9.72. The summed E-state index contributed by atoms with van der Waals surface area (Å²) >= 11 is 0. The lowest BCUT2D eigenvalue weighted by molar-refractivity contribution is -0.125. The molecule has 0 unspecified atom stereocenters. The van der Waals surface area contributed by atoms with E-state index in [1.54, 1.807) is 21.0 Å². The van der Waals surface area contributed by atoms with Gasteiger partial charge in [0.2, 0.25) is 0 Å². The first kappa shape index (κ1) is 22.4. The quantitative estimate of drug-likeness (QED) is 0.661. The summed E-state index contributed by atoms with van der Waals surface area (Å²) in [7, 11) is -0.976. The molecule has 1 spiro atoms. The molecule has 166 valence electrons. The maximum absolute atomic E-state index is 14.5. The zero-order valence-corrected chi connectivity index (χ0v) is 18.1. The Balaban J connectivity index is 1.90. The van der Waals surface area contributed by atoms with Gasteiger partial charge < -0.3 is 14.4 Å². The molecular weight excluding hydrogens is 417 g/mol. The van der Waals surface area contributed by atoms with Crippen LogP contribution in [0.4, 0.5) is 10.1 Å². The summed E-state index contributed by atoms with van der Waals surface area (Å²) < 4.78 is 53.9. The van der Waals surface area contributed by atoms with Gasteiger partial charge in [-0.25, -0.2) is 13.9 Å². The minimum absolute atomic E-state index is 0.0668. The fourth-order valence-corrected chi connectivity index (χ4v) is 5.31. The molecule has 1 N–H and O–H groups in total. The Bertz CT molecular complexity index is 946. The molecule has 0 aliphatic carbocycles. The van der Waals surface area contributed by atoms with Crippen molar-refractivity contribution < 1.29 is 31.9 Å². The van der Waals surface area contributed by atoms with Crippen molar-refractivity contribution >= 4 is 27.8 Å². The number of hydrogen-bond donors (Lipinski definition) is 1. The minimum atomic E-state index is -4.17. The van der Waals surface area contributed by atoms with Gasteiger partial charge in [0.05, 0.1) is 42.2 Å². The molecule has 1 aromatic carbocycles. The van der Waals surface area contributed by atoms with E-state index in [9.17, 15) is 22.4 Å². The van der Waals surface area contributed by atoms with E-state index in [1.807, 2.05) is 0 Å². The van der Waals surface area contributed by atoms with E-state index in [0.29, 0.717) is 12.8 Å². The standard InChI is InChI=1S/C19H26FN3O6S/c1-4-29-18(25)13-10-16(22(2)3)14(9-15(13)20)17(24)21-30(26,27)23-8-6-5-7-19(23)11-28-12-19/h9-10H,4-8,11-12H2,1-3H3,(H,21,24). The maximum atomic E-state index is 14.5. The molecule has 0 radical (unpaired) electrons. The van der Waals surface area contributed by atoms with Gasteiger partial charge in [0.1, 0.15) is 5.82 Å². The first-order chi connectivity index (χ1) is 14.1. The normalized spacial score (nSPS) is 18.5. The molecule has 0 bridgehead atoms. The van der Waals surface area contributed by atoms with Gasteiger partial charge in [-0.05, 0) is 31.9 Å². The van der Waals surface area contributed by atoms with Crippen LogP contribution in [0.5, 0.6) is 0 Å². The molecule has 0 aromatic heterocycles. The van der Waals surface area contributed by atoms with Gasteiger partial charge >= 0.3 is 16.2 Å². The summed E-state index contributed by atoms with van der Waals surface area (Å²) in [6.07, 6.45) is 2.23. The molecule has 1 amide bonds. The van der Waals surface area contributed by atoms with Crippen molar-refractivity contribution in [2.75, 3.05) is 45.4 Å². The van der Waals surface area contributed by atoms with Crippen molar-refractivity contribution in [3.63, 3.8) is 0 Å². The van der Waals surface area contributed by atoms with Crippen molar-refractivity contribution in [1.29, 1.82) is 0 Å². The second kappa shape index (κ2) is 8.48. The number of benzene rings is 1. The topological polar surface area (TPSA) is 105 Å². The molecule has 0 atom stereocenters. The van der Waals surface area contributed by atoms with Gasteiger partial charge in [0.15, 0.2) is 0 Å². The number of halogens is 1. The van der Waals surface area contributed by atoms with Gasteiger partial charge in [-0.2, -0.15) is 12.7 Å². The molecular formula is C19H26FN3O6S. The van der Waals surface area contributed by atoms with E-state index in [-0.39, 0.29) is 43.2 Å². The van der Waals surface area contributed by atoms with Crippen LogP contribution in [0.15, 0.2) is 12.1 Å². The number of anilines is 1. The Morgan fingerprint density at radius 2 is 1.97 bits per heavy atom. The highest BCUT2D eigenvalue weighted by Crippen LogP contribution is 2.36. The highest BCUT2D eigenvalue weighted by molar-refractivity contribution is 7.87. The molecule has 11 heteroatoms. The van der Waals surface area contributed by atoms with Crippen LogP contribution < -0.4 is 9.62 Å². The average Bonchev–Trinajstić information content (AvgIpc) is 2.66. The third-order valence-electron chi connectivity index (χ3n) is 5.34. The molecule has 1 aromatic rings. The first-order valence-corrected chi connectivity index (χ1v) is 11.2. The number of amides is 1. The molecule has 2 aliphatic heterocycles. The van der Waals surface area contributed by atoms with Crippen molar-refractivity contribution in [2.24, 2.45) is 0 Å². The summed E-state index contributed by atoms with van der Waals surface area (Å²) in [6, 6.07) is 2.03. The Hall–Kier alpha value is -2.24. The van der Waals surface area contributed by atoms with E-state index in [2.05, 4.69) is 4.72 Å². The van der Waals surface area contributed by atoms with Crippen LogP contribution in [0, 0.1) is 5.82 Å². The Morgan fingerprint density at radius 1 is 1.27 bits per heavy atom. The largest absolute Gasteiger partial charge is 0.462 e. The van der Waals surface area contributed by atoms with Crippen molar-refractivity contribution in [3.8, 4) is 0 Å². The predicted molar refractivity (Wildman–Crippen MR) is 107 cm³/mol. The van der Waals surface area contributed by atoms with Crippen LogP contribution >= 0.6 is 0 Å². The van der Waals surface area contributed by atoms with Gasteiger partial charge in [-0.1, -0.05) is 6.42 Å². The number of piperidine rings is 1. The number of rotatable bonds is 6. The molecule has 2 fully saturated rings. The summed E-state index contributed by atoms with van der Waals surface area (Å²) in [6.45, 7) is 2.51.